The molecule has 4 nitrogen and oxygen atoms in total. The van der Waals surface area contributed by atoms with Crippen LogP contribution in [0, 0.1) is 19.8 Å². The van der Waals surface area contributed by atoms with Crippen LogP contribution in [-0.4, -0.2) is 32.4 Å². The lowest BCUT2D eigenvalue weighted by atomic mass is 10.1. The predicted molar refractivity (Wildman–Crippen MR) is 76.4 cm³/mol. The van der Waals surface area contributed by atoms with E-state index in [1.807, 2.05) is 19.9 Å². The molecule has 0 bridgehead atoms. The molecule has 0 aromatic heterocycles. The van der Waals surface area contributed by atoms with Gasteiger partial charge in [-0.2, -0.15) is 4.31 Å². The maximum atomic E-state index is 12.6. The zero-order chi connectivity index (χ0) is 14.2. The van der Waals surface area contributed by atoms with E-state index in [0.29, 0.717) is 17.4 Å². The third-order valence-corrected chi connectivity index (χ3v) is 5.91. The molecule has 1 unspecified atom stereocenters. The van der Waals surface area contributed by atoms with Crippen molar-refractivity contribution in [3.05, 3.63) is 29.3 Å². The zero-order valence-electron chi connectivity index (χ0n) is 11.8. The Morgan fingerprint density at radius 2 is 1.95 bits per heavy atom. The van der Waals surface area contributed by atoms with Crippen LogP contribution in [0.4, 0.5) is 0 Å². The third kappa shape index (κ3) is 2.83. The van der Waals surface area contributed by atoms with Crippen molar-refractivity contribution in [2.24, 2.45) is 11.7 Å². The van der Waals surface area contributed by atoms with E-state index in [1.165, 1.54) is 4.31 Å². The normalized spacial score (nSPS) is 17.7. The van der Waals surface area contributed by atoms with Crippen LogP contribution < -0.4 is 5.73 Å². The van der Waals surface area contributed by atoms with Crippen LogP contribution in [0.1, 0.15) is 24.0 Å². The topological polar surface area (TPSA) is 63.4 Å². The molecule has 0 spiro atoms. The lowest BCUT2D eigenvalue weighted by Crippen LogP contribution is -2.43. The van der Waals surface area contributed by atoms with Gasteiger partial charge in [0.15, 0.2) is 0 Å². The molecule has 2 rings (SSSR count). The van der Waals surface area contributed by atoms with Gasteiger partial charge in [-0.15, -0.1) is 0 Å². The first-order valence-corrected chi connectivity index (χ1v) is 8.07. The molecule has 0 amide bonds. The van der Waals surface area contributed by atoms with Crippen molar-refractivity contribution in [3.8, 4) is 0 Å². The number of nitrogens with two attached hydrogens (primary N) is 1. The zero-order valence-corrected chi connectivity index (χ0v) is 12.6. The van der Waals surface area contributed by atoms with E-state index in [2.05, 4.69) is 0 Å². The van der Waals surface area contributed by atoms with Crippen molar-refractivity contribution in [3.63, 3.8) is 0 Å². The van der Waals surface area contributed by atoms with Crippen molar-refractivity contribution >= 4 is 10.0 Å². The number of hydrogen-bond acceptors (Lipinski definition) is 3. The Kier molecular flexibility index (Phi) is 3.99. The van der Waals surface area contributed by atoms with E-state index in [-0.39, 0.29) is 6.04 Å². The lowest BCUT2D eigenvalue weighted by molar-refractivity contribution is 0.340. The van der Waals surface area contributed by atoms with Crippen molar-refractivity contribution in [1.29, 1.82) is 0 Å². The lowest BCUT2D eigenvalue weighted by Gasteiger charge is -2.26. The molecular formula is C14H22N2O2S. The summed E-state index contributed by atoms with van der Waals surface area (Å²) in [7, 11) is -1.80. The first-order chi connectivity index (χ1) is 8.87. The highest BCUT2D eigenvalue weighted by Gasteiger charge is 2.38. The molecule has 0 aliphatic heterocycles. The fraction of sp³-hybridized carbons (Fsp3) is 0.571. The number of benzene rings is 1. The summed E-state index contributed by atoms with van der Waals surface area (Å²) in [6, 6.07) is 5.19. The predicted octanol–water partition coefficient (Wildman–Crippen LogP) is 1.66. The minimum atomic E-state index is -3.44. The number of rotatable bonds is 5. The highest BCUT2D eigenvalue weighted by atomic mass is 32.2. The molecule has 1 aromatic carbocycles. The first-order valence-electron chi connectivity index (χ1n) is 6.63. The second-order valence-electron chi connectivity index (χ2n) is 5.41. The molecule has 0 heterocycles. The molecule has 0 radical (unpaired) electrons. The molecule has 0 saturated heterocycles. The SMILES string of the molecule is Cc1ccc(S(=O)(=O)N(C)C(CN)C2CC2)cc1C. The Labute approximate surface area is 115 Å². The van der Waals surface area contributed by atoms with Gasteiger partial charge in [0.2, 0.25) is 10.0 Å². The van der Waals surface area contributed by atoms with Crippen molar-refractivity contribution < 1.29 is 8.42 Å². The summed E-state index contributed by atoms with van der Waals surface area (Å²) in [5.41, 5.74) is 7.82. The number of likely N-dealkylation sites (N-methyl/N-ethyl adjacent to an activating group) is 1. The van der Waals surface area contributed by atoms with Crippen LogP contribution in [0.2, 0.25) is 0 Å². The highest BCUT2D eigenvalue weighted by molar-refractivity contribution is 7.89. The second-order valence-corrected chi connectivity index (χ2v) is 7.41. The Morgan fingerprint density at radius 1 is 1.32 bits per heavy atom. The average Bonchev–Trinajstić information content (AvgIpc) is 3.17. The standard InChI is InChI=1S/C14H22N2O2S/c1-10-4-7-13(8-11(10)2)19(17,18)16(3)14(9-15)12-5-6-12/h4,7-8,12,14H,5-6,9,15H2,1-3H3. The first kappa shape index (κ1) is 14.5. The van der Waals surface area contributed by atoms with E-state index in [0.717, 1.165) is 24.0 Å². The number of sulfonamides is 1. The van der Waals surface area contributed by atoms with Gasteiger partial charge in [-0.05, 0) is 55.9 Å². The van der Waals surface area contributed by atoms with Gasteiger partial charge >= 0.3 is 0 Å². The maximum absolute atomic E-state index is 12.6. The van der Waals surface area contributed by atoms with Gasteiger partial charge in [-0.1, -0.05) is 6.07 Å². The van der Waals surface area contributed by atoms with Gasteiger partial charge < -0.3 is 5.73 Å². The number of hydrogen-bond donors (Lipinski definition) is 1. The monoisotopic (exact) mass is 282 g/mol. The summed E-state index contributed by atoms with van der Waals surface area (Å²) in [5.74, 6) is 0.427. The molecule has 106 valence electrons. The molecule has 1 saturated carbocycles. The van der Waals surface area contributed by atoms with Crippen LogP contribution >= 0.6 is 0 Å². The fourth-order valence-corrected chi connectivity index (χ4v) is 3.85. The molecule has 5 heteroatoms. The summed E-state index contributed by atoms with van der Waals surface area (Å²) in [5, 5.41) is 0. The summed E-state index contributed by atoms with van der Waals surface area (Å²) >= 11 is 0. The summed E-state index contributed by atoms with van der Waals surface area (Å²) in [4.78, 5) is 0.359. The van der Waals surface area contributed by atoms with E-state index >= 15 is 0 Å². The Hall–Kier alpha value is -0.910. The van der Waals surface area contributed by atoms with E-state index in [4.69, 9.17) is 5.73 Å². The third-order valence-electron chi connectivity index (χ3n) is 4.03. The Balaban J connectivity index is 2.32. The molecule has 1 aliphatic rings. The summed E-state index contributed by atoms with van der Waals surface area (Å²) < 4.78 is 26.7. The molecule has 1 aliphatic carbocycles. The molecular weight excluding hydrogens is 260 g/mol. The Morgan fingerprint density at radius 3 is 2.42 bits per heavy atom. The molecule has 1 fully saturated rings. The number of aryl methyl sites for hydroxylation is 2. The molecule has 1 aromatic rings. The Bertz CT molecular complexity index is 565. The van der Waals surface area contributed by atoms with Crippen LogP contribution in [0.25, 0.3) is 0 Å². The average molecular weight is 282 g/mol. The molecule has 2 N–H and O–H groups in total. The highest BCUT2D eigenvalue weighted by Crippen LogP contribution is 2.36. The quantitative estimate of drug-likeness (QED) is 0.893. The van der Waals surface area contributed by atoms with Gasteiger partial charge in [-0.3, -0.25) is 0 Å². The van der Waals surface area contributed by atoms with Crippen molar-refractivity contribution in [1.82, 2.24) is 4.31 Å². The number of nitrogens with zero attached hydrogens (tertiary/aromatic N) is 1. The second kappa shape index (κ2) is 5.23. The van der Waals surface area contributed by atoms with Gasteiger partial charge in [0.25, 0.3) is 0 Å². The van der Waals surface area contributed by atoms with Gasteiger partial charge in [0, 0.05) is 19.6 Å². The van der Waals surface area contributed by atoms with Gasteiger partial charge in [-0.25, -0.2) is 8.42 Å². The smallest absolute Gasteiger partial charge is 0.243 e. The van der Waals surface area contributed by atoms with Crippen molar-refractivity contribution in [2.45, 2.75) is 37.6 Å². The van der Waals surface area contributed by atoms with Crippen LogP contribution in [0.5, 0.6) is 0 Å². The van der Waals surface area contributed by atoms with E-state index in [9.17, 15) is 8.42 Å². The van der Waals surface area contributed by atoms with E-state index < -0.39 is 10.0 Å². The summed E-state index contributed by atoms with van der Waals surface area (Å²) in [6.07, 6.45) is 2.16. The van der Waals surface area contributed by atoms with Crippen molar-refractivity contribution in [2.75, 3.05) is 13.6 Å². The fourth-order valence-electron chi connectivity index (χ4n) is 2.34. The minimum absolute atomic E-state index is 0.0772. The van der Waals surface area contributed by atoms with E-state index in [1.54, 1.807) is 19.2 Å². The van der Waals surface area contributed by atoms with Gasteiger partial charge in [0.05, 0.1) is 4.90 Å². The summed E-state index contributed by atoms with van der Waals surface area (Å²) in [6.45, 7) is 4.28. The van der Waals surface area contributed by atoms with Crippen LogP contribution in [-0.2, 0) is 10.0 Å². The van der Waals surface area contributed by atoms with Crippen LogP contribution in [0.3, 0.4) is 0 Å². The van der Waals surface area contributed by atoms with Gasteiger partial charge in [0.1, 0.15) is 0 Å². The maximum Gasteiger partial charge on any atom is 0.243 e. The molecule has 19 heavy (non-hydrogen) atoms. The minimum Gasteiger partial charge on any atom is -0.329 e. The molecule has 1 atom stereocenters. The van der Waals surface area contributed by atoms with Crippen LogP contribution in [0.15, 0.2) is 23.1 Å². The largest absolute Gasteiger partial charge is 0.329 e.